The summed E-state index contributed by atoms with van der Waals surface area (Å²) in [4.78, 5) is 24.6. The highest BCUT2D eigenvalue weighted by molar-refractivity contribution is 5.82. The Bertz CT molecular complexity index is 703. The van der Waals surface area contributed by atoms with Crippen LogP contribution in [0.25, 0.3) is 11.0 Å². The number of likely N-dealkylation sites (N-methyl/N-ethyl adjacent to an activating group) is 1. The second kappa shape index (κ2) is 5.36. The fourth-order valence-corrected chi connectivity index (χ4v) is 2.00. The fourth-order valence-electron chi connectivity index (χ4n) is 2.00. The summed E-state index contributed by atoms with van der Waals surface area (Å²) in [5.41, 5.74) is 0.904. The van der Waals surface area contributed by atoms with Gasteiger partial charge in [0.25, 0.3) is 5.91 Å². The van der Waals surface area contributed by atoms with Crippen molar-refractivity contribution >= 4 is 16.9 Å². The van der Waals surface area contributed by atoms with Crippen LogP contribution in [0.5, 0.6) is 5.75 Å². The molecule has 5 heteroatoms. The lowest BCUT2D eigenvalue weighted by molar-refractivity contribution is -0.135. The first-order chi connectivity index (χ1) is 9.38. The van der Waals surface area contributed by atoms with E-state index in [2.05, 4.69) is 0 Å². The molecule has 1 aromatic carbocycles. The highest BCUT2D eigenvalue weighted by Gasteiger charge is 2.16. The quantitative estimate of drug-likeness (QED) is 0.803. The molecule has 0 saturated carbocycles. The van der Waals surface area contributed by atoms with E-state index < -0.39 is 11.7 Å². The molecule has 0 bridgehead atoms. The molecule has 20 heavy (non-hydrogen) atoms. The Balaban J connectivity index is 2.33. The zero-order valence-electron chi connectivity index (χ0n) is 12.0. The molecular weight excluding hydrogens is 258 g/mol. The van der Waals surface area contributed by atoms with Gasteiger partial charge in [-0.3, -0.25) is 4.79 Å². The van der Waals surface area contributed by atoms with Crippen molar-refractivity contribution < 1.29 is 13.9 Å². The number of rotatable bonds is 3. The number of nitrogens with zero attached hydrogens (tertiary/aromatic N) is 1. The minimum Gasteiger partial charge on any atom is -0.481 e. The number of ether oxygens (including phenoxy) is 1. The molecule has 0 spiro atoms. The van der Waals surface area contributed by atoms with Gasteiger partial charge in [-0.05, 0) is 31.5 Å². The van der Waals surface area contributed by atoms with Crippen molar-refractivity contribution in [1.29, 1.82) is 0 Å². The Morgan fingerprint density at radius 3 is 2.65 bits per heavy atom. The second-order valence-electron chi connectivity index (χ2n) is 4.90. The molecule has 2 aromatic rings. The molecule has 0 aliphatic heterocycles. The van der Waals surface area contributed by atoms with Crippen LogP contribution in [-0.2, 0) is 4.79 Å². The average molecular weight is 275 g/mol. The van der Waals surface area contributed by atoms with Crippen molar-refractivity contribution in [3.8, 4) is 5.75 Å². The maximum absolute atomic E-state index is 11.7. The van der Waals surface area contributed by atoms with Gasteiger partial charge < -0.3 is 14.1 Å². The molecule has 0 unspecified atom stereocenters. The van der Waals surface area contributed by atoms with Crippen molar-refractivity contribution in [2.75, 3.05) is 14.1 Å². The summed E-state index contributed by atoms with van der Waals surface area (Å²) in [5, 5.41) is 0.850. The third-order valence-electron chi connectivity index (χ3n) is 3.02. The summed E-state index contributed by atoms with van der Waals surface area (Å²) >= 11 is 0. The highest BCUT2D eigenvalue weighted by atomic mass is 16.5. The van der Waals surface area contributed by atoms with Gasteiger partial charge in [0, 0.05) is 31.6 Å². The largest absolute Gasteiger partial charge is 0.481 e. The van der Waals surface area contributed by atoms with Crippen LogP contribution in [-0.4, -0.2) is 31.0 Å². The molecule has 5 nitrogen and oxygen atoms in total. The van der Waals surface area contributed by atoms with Crippen molar-refractivity contribution in [2.45, 2.75) is 20.0 Å². The standard InChI is InChI=1S/C15H17NO4/c1-9-7-14(17)20-13-8-11(5-6-12(9)13)19-10(2)15(18)16(3)4/h5-8,10H,1-4H3/t10-/m1/s1. The fraction of sp³-hybridized carbons (Fsp3) is 0.333. The van der Waals surface area contributed by atoms with E-state index in [0.717, 1.165) is 10.9 Å². The number of fused-ring (bicyclic) bond motifs is 1. The van der Waals surface area contributed by atoms with Crippen LogP contribution < -0.4 is 10.4 Å². The van der Waals surface area contributed by atoms with Crippen LogP contribution in [0.2, 0.25) is 0 Å². The van der Waals surface area contributed by atoms with Crippen LogP contribution in [0.1, 0.15) is 12.5 Å². The van der Waals surface area contributed by atoms with Crippen molar-refractivity contribution in [2.24, 2.45) is 0 Å². The summed E-state index contributed by atoms with van der Waals surface area (Å²) in [6.45, 7) is 3.52. The van der Waals surface area contributed by atoms with Crippen molar-refractivity contribution in [3.05, 3.63) is 40.2 Å². The van der Waals surface area contributed by atoms with Gasteiger partial charge in [0.2, 0.25) is 0 Å². The summed E-state index contributed by atoms with van der Waals surface area (Å²) in [6.07, 6.45) is -0.598. The minimum absolute atomic E-state index is 0.129. The van der Waals surface area contributed by atoms with E-state index in [4.69, 9.17) is 9.15 Å². The zero-order chi connectivity index (χ0) is 14.9. The molecule has 106 valence electrons. The topological polar surface area (TPSA) is 59.8 Å². The smallest absolute Gasteiger partial charge is 0.336 e. The van der Waals surface area contributed by atoms with Gasteiger partial charge in [0.15, 0.2) is 6.10 Å². The lowest BCUT2D eigenvalue weighted by atomic mass is 10.1. The van der Waals surface area contributed by atoms with Crippen LogP contribution in [0.3, 0.4) is 0 Å². The van der Waals surface area contributed by atoms with E-state index in [0.29, 0.717) is 11.3 Å². The van der Waals surface area contributed by atoms with Gasteiger partial charge in [-0.25, -0.2) is 4.79 Å². The molecule has 2 rings (SSSR count). The Labute approximate surface area is 116 Å². The van der Waals surface area contributed by atoms with Crippen LogP contribution in [0.15, 0.2) is 33.5 Å². The Kier molecular flexibility index (Phi) is 3.79. The number of carbonyl (C=O) groups is 1. The number of benzene rings is 1. The van der Waals surface area contributed by atoms with E-state index in [-0.39, 0.29) is 5.91 Å². The van der Waals surface area contributed by atoms with E-state index in [1.807, 2.05) is 13.0 Å². The van der Waals surface area contributed by atoms with E-state index >= 15 is 0 Å². The van der Waals surface area contributed by atoms with E-state index in [9.17, 15) is 9.59 Å². The SMILES string of the molecule is Cc1cc(=O)oc2cc(O[C@H](C)C(=O)N(C)C)ccc12. The van der Waals surface area contributed by atoms with Gasteiger partial charge in [-0.15, -0.1) is 0 Å². The minimum atomic E-state index is -0.598. The van der Waals surface area contributed by atoms with Crippen LogP contribution >= 0.6 is 0 Å². The molecule has 0 aliphatic rings. The Morgan fingerprint density at radius 2 is 2.00 bits per heavy atom. The van der Waals surface area contributed by atoms with Gasteiger partial charge in [-0.1, -0.05) is 0 Å². The summed E-state index contributed by atoms with van der Waals surface area (Å²) < 4.78 is 10.7. The second-order valence-corrected chi connectivity index (χ2v) is 4.90. The molecule has 1 amide bonds. The molecule has 0 N–H and O–H groups in total. The van der Waals surface area contributed by atoms with Gasteiger partial charge in [0.1, 0.15) is 11.3 Å². The maximum atomic E-state index is 11.7. The summed E-state index contributed by atoms with van der Waals surface area (Å²) in [6, 6.07) is 6.65. The number of hydrogen-bond donors (Lipinski definition) is 0. The third-order valence-corrected chi connectivity index (χ3v) is 3.02. The third kappa shape index (κ3) is 2.82. The predicted octanol–water partition coefficient (Wildman–Crippen LogP) is 1.96. The first kappa shape index (κ1) is 14.1. The molecule has 0 saturated heterocycles. The lowest BCUT2D eigenvalue weighted by Crippen LogP contribution is -2.35. The molecular formula is C15H17NO4. The van der Waals surface area contributed by atoms with Gasteiger partial charge in [0.05, 0.1) is 0 Å². The van der Waals surface area contributed by atoms with Crippen LogP contribution in [0, 0.1) is 6.92 Å². The first-order valence-corrected chi connectivity index (χ1v) is 6.31. The monoisotopic (exact) mass is 275 g/mol. The van der Waals surface area contributed by atoms with Gasteiger partial charge in [-0.2, -0.15) is 0 Å². The number of carbonyl (C=O) groups excluding carboxylic acids is 1. The number of hydrogen-bond acceptors (Lipinski definition) is 4. The molecule has 0 aliphatic carbocycles. The van der Waals surface area contributed by atoms with Crippen molar-refractivity contribution in [3.63, 3.8) is 0 Å². The molecule has 1 atom stereocenters. The number of aryl methyl sites for hydroxylation is 1. The van der Waals surface area contributed by atoms with E-state index in [1.165, 1.54) is 11.0 Å². The predicted molar refractivity (Wildman–Crippen MR) is 76.0 cm³/mol. The molecule has 0 radical (unpaired) electrons. The average Bonchev–Trinajstić information content (AvgIpc) is 2.36. The Morgan fingerprint density at radius 1 is 1.30 bits per heavy atom. The normalized spacial score (nSPS) is 12.2. The highest BCUT2D eigenvalue weighted by Crippen LogP contribution is 2.23. The van der Waals surface area contributed by atoms with E-state index in [1.54, 1.807) is 33.2 Å². The molecule has 1 aromatic heterocycles. The maximum Gasteiger partial charge on any atom is 0.336 e. The van der Waals surface area contributed by atoms with Crippen LogP contribution in [0.4, 0.5) is 0 Å². The lowest BCUT2D eigenvalue weighted by Gasteiger charge is -2.18. The molecule has 1 heterocycles. The zero-order valence-corrected chi connectivity index (χ0v) is 12.0. The van der Waals surface area contributed by atoms with Crippen molar-refractivity contribution in [1.82, 2.24) is 4.90 Å². The summed E-state index contributed by atoms with van der Waals surface area (Å²) in [7, 11) is 3.34. The first-order valence-electron chi connectivity index (χ1n) is 6.31. The Hall–Kier alpha value is -2.30. The summed E-state index contributed by atoms with van der Waals surface area (Å²) in [5.74, 6) is 0.366. The van der Waals surface area contributed by atoms with Gasteiger partial charge >= 0.3 is 5.63 Å². The number of amides is 1. The molecule has 0 fully saturated rings.